The van der Waals surface area contributed by atoms with Crippen LogP contribution in [0.4, 0.5) is 0 Å². The van der Waals surface area contributed by atoms with Gasteiger partial charge in [0.25, 0.3) is 0 Å². The molecule has 0 radical (unpaired) electrons. The molecule has 0 amide bonds. The summed E-state index contributed by atoms with van der Waals surface area (Å²) in [5, 5.41) is 0. The van der Waals surface area contributed by atoms with Gasteiger partial charge in [0.05, 0.1) is 32.3 Å². The summed E-state index contributed by atoms with van der Waals surface area (Å²) in [4.78, 5) is 32.7. The van der Waals surface area contributed by atoms with Crippen LogP contribution in [0.3, 0.4) is 0 Å². The molecule has 0 spiro atoms. The summed E-state index contributed by atoms with van der Waals surface area (Å²) >= 11 is 0. The van der Waals surface area contributed by atoms with Gasteiger partial charge in [-0.05, 0) is 24.7 Å². The lowest BCUT2D eigenvalue weighted by Crippen LogP contribution is -2.15. The molecule has 36 heavy (non-hydrogen) atoms. The van der Waals surface area contributed by atoms with Crippen LogP contribution in [0.15, 0.2) is 50.1 Å². The van der Waals surface area contributed by atoms with Gasteiger partial charge in [0.1, 0.15) is 0 Å². The van der Waals surface area contributed by atoms with Crippen LogP contribution in [0, 0.1) is 11.8 Å². The summed E-state index contributed by atoms with van der Waals surface area (Å²) in [6.45, 7) is 13.7. The average Bonchev–Trinajstić information content (AvgIpc) is 3.65. The standard InChI is InChI=1S/C14H24N2O2.C11H20O2.C3H4N2/c1-3-5-6-13(4-2)11-18-14(17)7-9-16-10-8-15-12-16;1-4-7-8-10(5-2)9-13-11(12)6-3;1-2-5-3-4-1/h8,10,12-13H,3-7,9,11H2,1-2H3;6,10H,3-5,7-9H2,1-2H3;1-3H,(H,4,5). The maximum absolute atomic E-state index is 11.6. The summed E-state index contributed by atoms with van der Waals surface area (Å²) in [5.74, 6) is 0.611. The van der Waals surface area contributed by atoms with Gasteiger partial charge in [-0.3, -0.25) is 4.79 Å². The van der Waals surface area contributed by atoms with Crippen molar-refractivity contribution in [1.82, 2.24) is 19.5 Å². The number of unbranched alkanes of at least 4 members (excludes halogenated alkanes) is 2. The minimum atomic E-state index is -0.310. The van der Waals surface area contributed by atoms with Crippen LogP contribution in [-0.4, -0.2) is 44.7 Å². The molecule has 0 aromatic carbocycles. The van der Waals surface area contributed by atoms with Crippen molar-refractivity contribution in [3.8, 4) is 0 Å². The molecule has 8 heteroatoms. The van der Waals surface area contributed by atoms with Crippen LogP contribution in [0.25, 0.3) is 0 Å². The van der Waals surface area contributed by atoms with E-state index in [0.717, 1.165) is 25.7 Å². The highest BCUT2D eigenvalue weighted by molar-refractivity contribution is 5.81. The highest BCUT2D eigenvalue weighted by atomic mass is 16.5. The maximum atomic E-state index is 11.6. The van der Waals surface area contributed by atoms with Crippen LogP contribution >= 0.6 is 0 Å². The smallest absolute Gasteiger partial charge is 0.330 e. The fourth-order valence-corrected chi connectivity index (χ4v) is 3.19. The summed E-state index contributed by atoms with van der Waals surface area (Å²) in [7, 11) is 0. The van der Waals surface area contributed by atoms with Crippen LogP contribution in [0.5, 0.6) is 0 Å². The number of esters is 2. The quantitative estimate of drug-likeness (QED) is 0.210. The molecule has 2 unspecified atom stereocenters. The lowest BCUT2D eigenvalue weighted by molar-refractivity contribution is -0.145. The predicted octanol–water partition coefficient (Wildman–Crippen LogP) is 6.37. The summed E-state index contributed by atoms with van der Waals surface area (Å²) < 4.78 is 12.2. The number of ether oxygens (including phenoxy) is 2. The van der Waals surface area contributed by atoms with E-state index < -0.39 is 0 Å². The first-order valence-electron chi connectivity index (χ1n) is 13.3. The minimum absolute atomic E-state index is 0.112. The molecule has 2 atom stereocenters. The van der Waals surface area contributed by atoms with Crippen LogP contribution in [-0.2, 0) is 25.6 Å². The van der Waals surface area contributed by atoms with Crippen LogP contribution in [0.1, 0.15) is 85.5 Å². The van der Waals surface area contributed by atoms with Crippen molar-refractivity contribution >= 4 is 11.9 Å². The summed E-state index contributed by atoms with van der Waals surface area (Å²) in [6, 6.07) is 0. The Kier molecular flexibility index (Phi) is 21.9. The Labute approximate surface area is 217 Å². The van der Waals surface area contributed by atoms with Crippen molar-refractivity contribution in [2.75, 3.05) is 13.2 Å². The van der Waals surface area contributed by atoms with E-state index in [1.54, 1.807) is 31.2 Å². The zero-order chi connectivity index (χ0) is 26.9. The molecule has 8 nitrogen and oxygen atoms in total. The van der Waals surface area contributed by atoms with E-state index in [2.05, 4.69) is 49.2 Å². The molecule has 2 aromatic heterocycles. The highest BCUT2D eigenvalue weighted by Gasteiger charge is 2.10. The molecule has 1 N–H and O–H groups in total. The van der Waals surface area contributed by atoms with Crippen molar-refractivity contribution < 1.29 is 19.1 Å². The largest absolute Gasteiger partial charge is 0.465 e. The molecule has 0 aliphatic carbocycles. The number of carbonyl (C=O) groups excluding carboxylic acids is 2. The normalized spacial score (nSPS) is 11.7. The van der Waals surface area contributed by atoms with Crippen molar-refractivity contribution in [2.24, 2.45) is 11.8 Å². The molecule has 0 fully saturated rings. The van der Waals surface area contributed by atoms with Crippen molar-refractivity contribution in [3.63, 3.8) is 0 Å². The first-order valence-corrected chi connectivity index (χ1v) is 13.3. The Morgan fingerprint density at radius 3 is 2.03 bits per heavy atom. The van der Waals surface area contributed by atoms with Gasteiger partial charge in [-0.25, -0.2) is 14.8 Å². The second-order valence-electron chi connectivity index (χ2n) is 8.66. The number of nitrogens with zero attached hydrogens (tertiary/aromatic N) is 3. The van der Waals surface area contributed by atoms with Gasteiger partial charge in [-0.2, -0.15) is 0 Å². The molecular weight excluding hydrogens is 456 g/mol. The number of carbonyl (C=O) groups is 2. The number of aromatic amines is 1. The van der Waals surface area contributed by atoms with E-state index in [4.69, 9.17) is 9.47 Å². The van der Waals surface area contributed by atoms with E-state index in [9.17, 15) is 9.59 Å². The fraction of sp³-hybridized carbons (Fsp3) is 0.643. The molecule has 0 bridgehead atoms. The third-order valence-corrected chi connectivity index (χ3v) is 5.73. The topological polar surface area (TPSA) is 99.1 Å². The van der Waals surface area contributed by atoms with E-state index in [1.165, 1.54) is 31.8 Å². The van der Waals surface area contributed by atoms with E-state index in [-0.39, 0.29) is 11.9 Å². The predicted molar refractivity (Wildman–Crippen MR) is 144 cm³/mol. The lowest BCUT2D eigenvalue weighted by atomic mass is 10.0. The van der Waals surface area contributed by atoms with E-state index in [1.807, 2.05) is 10.8 Å². The summed E-state index contributed by atoms with van der Waals surface area (Å²) in [5.41, 5.74) is 0. The van der Waals surface area contributed by atoms with Crippen LogP contribution < -0.4 is 0 Å². The zero-order valence-corrected chi connectivity index (χ0v) is 22.9. The van der Waals surface area contributed by atoms with Gasteiger partial charge in [-0.1, -0.05) is 72.8 Å². The number of imidazole rings is 2. The van der Waals surface area contributed by atoms with Crippen molar-refractivity contribution in [1.29, 1.82) is 0 Å². The number of nitrogens with one attached hydrogen (secondary N) is 1. The number of rotatable bonds is 16. The Morgan fingerprint density at radius 1 is 0.972 bits per heavy atom. The van der Waals surface area contributed by atoms with Gasteiger partial charge in [0.15, 0.2) is 0 Å². The SMILES string of the molecule is C=CC(=O)OCC(CC)CCCC.CCCCC(CC)COC(=O)CCn1ccnc1.c1c[nH]cn1. The zero-order valence-electron chi connectivity index (χ0n) is 22.9. The first kappa shape index (κ1) is 33.1. The number of aromatic nitrogens is 4. The van der Waals surface area contributed by atoms with Gasteiger partial charge < -0.3 is 19.0 Å². The van der Waals surface area contributed by atoms with Gasteiger partial charge >= 0.3 is 11.9 Å². The monoisotopic (exact) mass is 504 g/mol. The molecule has 0 saturated heterocycles. The Bertz CT molecular complexity index is 730. The number of hydrogen-bond acceptors (Lipinski definition) is 6. The molecular formula is C28H48N4O4. The van der Waals surface area contributed by atoms with Crippen molar-refractivity contribution in [3.05, 3.63) is 50.1 Å². The van der Waals surface area contributed by atoms with Gasteiger partial charge in [0, 0.05) is 37.4 Å². The summed E-state index contributed by atoms with van der Waals surface area (Å²) in [6.07, 6.45) is 21.3. The molecule has 0 saturated carbocycles. The second-order valence-corrected chi connectivity index (χ2v) is 8.66. The number of aryl methyl sites for hydroxylation is 1. The third kappa shape index (κ3) is 19.4. The minimum Gasteiger partial charge on any atom is -0.465 e. The second kappa shape index (κ2) is 23.8. The number of hydrogen-bond donors (Lipinski definition) is 1. The van der Waals surface area contributed by atoms with Gasteiger partial charge in [-0.15, -0.1) is 0 Å². The molecule has 2 heterocycles. The molecule has 204 valence electrons. The molecule has 2 rings (SSSR count). The Morgan fingerprint density at radius 2 is 1.61 bits per heavy atom. The van der Waals surface area contributed by atoms with Gasteiger partial charge in [0.2, 0.25) is 0 Å². The Balaban J connectivity index is 0.000000589. The highest BCUT2D eigenvalue weighted by Crippen LogP contribution is 2.13. The van der Waals surface area contributed by atoms with Crippen molar-refractivity contribution in [2.45, 2.75) is 92.0 Å². The Hall–Kier alpha value is -2.90. The van der Waals surface area contributed by atoms with Crippen LogP contribution in [0.2, 0.25) is 0 Å². The fourth-order valence-electron chi connectivity index (χ4n) is 3.19. The molecule has 0 aliphatic rings. The first-order chi connectivity index (χ1) is 17.5. The molecule has 2 aromatic rings. The lowest BCUT2D eigenvalue weighted by Gasteiger charge is -2.14. The van der Waals surface area contributed by atoms with E-state index in [0.29, 0.717) is 38.0 Å². The average molecular weight is 505 g/mol. The van der Waals surface area contributed by atoms with E-state index >= 15 is 0 Å². The number of H-pyrrole nitrogens is 1. The molecule has 0 aliphatic heterocycles. The third-order valence-electron chi connectivity index (χ3n) is 5.73. The maximum Gasteiger partial charge on any atom is 0.330 e.